The lowest BCUT2D eigenvalue weighted by atomic mass is 10.2. The summed E-state index contributed by atoms with van der Waals surface area (Å²) in [5, 5.41) is 3.09. The van der Waals surface area contributed by atoms with Gasteiger partial charge >= 0.3 is 0 Å². The number of primary amides is 1. The van der Waals surface area contributed by atoms with Crippen LogP contribution in [0.15, 0.2) is 24.4 Å². The Kier molecular flexibility index (Phi) is 4.20. The van der Waals surface area contributed by atoms with Gasteiger partial charge in [-0.2, -0.15) is 0 Å². The van der Waals surface area contributed by atoms with Crippen molar-refractivity contribution < 1.29 is 4.79 Å². The molecule has 1 aromatic heterocycles. The highest BCUT2D eigenvalue weighted by Gasteiger charge is 2.11. The summed E-state index contributed by atoms with van der Waals surface area (Å²) in [5.41, 5.74) is 11.4. The molecule has 5 nitrogen and oxygen atoms in total. The van der Waals surface area contributed by atoms with Crippen LogP contribution in [-0.4, -0.2) is 23.5 Å². The third-order valence-corrected chi connectivity index (χ3v) is 2.14. The van der Waals surface area contributed by atoms with Gasteiger partial charge in [0.05, 0.1) is 11.7 Å². The van der Waals surface area contributed by atoms with Gasteiger partial charge in [-0.25, -0.2) is 0 Å². The van der Waals surface area contributed by atoms with Crippen LogP contribution >= 0.6 is 0 Å². The Balaban J connectivity index is 2.43. The van der Waals surface area contributed by atoms with E-state index in [1.54, 1.807) is 6.20 Å². The van der Waals surface area contributed by atoms with Gasteiger partial charge in [-0.1, -0.05) is 6.07 Å². The lowest BCUT2D eigenvalue weighted by molar-refractivity contribution is -0.119. The molecular formula is C10H16N4O. The van der Waals surface area contributed by atoms with Crippen molar-refractivity contribution in [3.05, 3.63) is 30.1 Å². The zero-order chi connectivity index (χ0) is 11.3. The predicted octanol–water partition coefficient (Wildman–Crippen LogP) is -0.455. The van der Waals surface area contributed by atoms with Crippen LogP contribution in [-0.2, 0) is 4.79 Å². The van der Waals surface area contributed by atoms with Gasteiger partial charge in [0.15, 0.2) is 0 Å². The van der Waals surface area contributed by atoms with Crippen LogP contribution in [0.4, 0.5) is 0 Å². The predicted molar refractivity (Wildman–Crippen MR) is 57.8 cm³/mol. The van der Waals surface area contributed by atoms with Gasteiger partial charge in [0.2, 0.25) is 5.91 Å². The number of nitrogens with one attached hydrogen (secondary N) is 1. The first-order valence-electron chi connectivity index (χ1n) is 4.80. The smallest absolute Gasteiger partial charge is 0.235 e. The zero-order valence-corrected chi connectivity index (χ0v) is 8.68. The molecule has 2 atom stereocenters. The molecule has 1 amide bonds. The van der Waals surface area contributed by atoms with E-state index in [1.807, 2.05) is 25.1 Å². The van der Waals surface area contributed by atoms with Crippen molar-refractivity contribution in [3.63, 3.8) is 0 Å². The summed E-state index contributed by atoms with van der Waals surface area (Å²) >= 11 is 0. The molecule has 0 spiro atoms. The highest BCUT2D eigenvalue weighted by molar-refractivity contribution is 5.79. The molecule has 5 N–H and O–H groups in total. The Morgan fingerprint density at radius 1 is 1.60 bits per heavy atom. The van der Waals surface area contributed by atoms with Gasteiger partial charge in [0, 0.05) is 18.8 Å². The monoisotopic (exact) mass is 208 g/mol. The van der Waals surface area contributed by atoms with Gasteiger partial charge in [-0.3, -0.25) is 9.78 Å². The quantitative estimate of drug-likeness (QED) is 0.610. The number of amides is 1. The molecule has 1 heterocycles. The molecule has 0 aliphatic heterocycles. The largest absolute Gasteiger partial charge is 0.368 e. The van der Waals surface area contributed by atoms with Crippen LogP contribution in [0.25, 0.3) is 0 Å². The summed E-state index contributed by atoms with van der Waals surface area (Å²) < 4.78 is 0. The average molecular weight is 208 g/mol. The Labute approximate surface area is 88.9 Å². The normalized spacial score (nSPS) is 14.5. The minimum absolute atomic E-state index is 0.0524. The fourth-order valence-corrected chi connectivity index (χ4v) is 1.14. The van der Waals surface area contributed by atoms with Crippen molar-refractivity contribution in [2.75, 3.05) is 6.54 Å². The molecule has 0 aliphatic rings. The molecule has 15 heavy (non-hydrogen) atoms. The number of hydrogen-bond acceptors (Lipinski definition) is 4. The van der Waals surface area contributed by atoms with Crippen LogP contribution in [0, 0.1) is 0 Å². The third kappa shape index (κ3) is 3.65. The summed E-state index contributed by atoms with van der Waals surface area (Å²) in [5.74, 6) is -0.504. The van der Waals surface area contributed by atoms with Gasteiger partial charge in [0.1, 0.15) is 0 Å². The van der Waals surface area contributed by atoms with Gasteiger partial charge < -0.3 is 16.8 Å². The Bertz CT molecular complexity index is 314. The maximum Gasteiger partial charge on any atom is 0.235 e. The zero-order valence-electron chi connectivity index (χ0n) is 8.68. The second kappa shape index (κ2) is 5.43. The van der Waals surface area contributed by atoms with Crippen LogP contribution in [0.3, 0.4) is 0 Å². The molecule has 0 radical (unpaired) electrons. The second-order valence-corrected chi connectivity index (χ2v) is 3.39. The Morgan fingerprint density at radius 2 is 2.33 bits per heavy atom. The maximum atomic E-state index is 10.7. The molecule has 0 saturated heterocycles. The lowest BCUT2D eigenvalue weighted by Gasteiger charge is -2.15. The molecule has 0 aliphatic carbocycles. The Hall–Kier alpha value is -1.46. The van der Waals surface area contributed by atoms with Crippen molar-refractivity contribution in [1.82, 2.24) is 10.3 Å². The fraction of sp³-hybridized carbons (Fsp3) is 0.400. The minimum atomic E-state index is -0.656. The summed E-state index contributed by atoms with van der Waals surface area (Å²) in [7, 11) is 0. The number of aromatic nitrogens is 1. The molecule has 82 valence electrons. The standard InChI is InChI=1S/C10H16N4O/c1-7(9-4-2-3-5-13-9)14-6-8(11)10(12)15/h2-5,7-8,14H,6,11H2,1H3,(H2,12,15)/t7-,8?/m0/s1. The molecule has 0 bridgehead atoms. The van der Waals surface area contributed by atoms with Crippen LogP contribution in [0.2, 0.25) is 0 Å². The number of carbonyl (C=O) groups excluding carboxylic acids is 1. The van der Waals surface area contributed by atoms with Crippen molar-refractivity contribution in [2.45, 2.75) is 19.0 Å². The minimum Gasteiger partial charge on any atom is -0.368 e. The van der Waals surface area contributed by atoms with E-state index in [9.17, 15) is 4.79 Å². The highest BCUT2D eigenvalue weighted by Crippen LogP contribution is 2.06. The molecule has 0 saturated carbocycles. The van der Waals surface area contributed by atoms with Crippen LogP contribution in [0.5, 0.6) is 0 Å². The van der Waals surface area contributed by atoms with Gasteiger partial charge in [-0.15, -0.1) is 0 Å². The number of rotatable bonds is 5. The maximum absolute atomic E-state index is 10.7. The van der Waals surface area contributed by atoms with E-state index in [1.165, 1.54) is 0 Å². The van der Waals surface area contributed by atoms with Gasteiger partial charge in [-0.05, 0) is 19.1 Å². The molecule has 1 unspecified atom stereocenters. The molecule has 5 heteroatoms. The topological polar surface area (TPSA) is 94.0 Å². The van der Waals surface area contributed by atoms with E-state index >= 15 is 0 Å². The molecule has 1 rings (SSSR count). The number of nitrogens with zero attached hydrogens (tertiary/aromatic N) is 1. The van der Waals surface area contributed by atoms with Crippen LogP contribution in [0.1, 0.15) is 18.7 Å². The molecule has 0 aromatic carbocycles. The fourth-order valence-electron chi connectivity index (χ4n) is 1.14. The average Bonchev–Trinajstić information content (AvgIpc) is 2.26. The van der Waals surface area contributed by atoms with Crippen molar-refractivity contribution in [1.29, 1.82) is 0 Å². The summed E-state index contributed by atoms with van der Waals surface area (Å²) in [6, 6.07) is 5.07. The van der Waals surface area contributed by atoms with E-state index in [0.717, 1.165) is 5.69 Å². The van der Waals surface area contributed by atoms with E-state index < -0.39 is 11.9 Å². The summed E-state index contributed by atoms with van der Waals surface area (Å²) in [6.45, 7) is 2.31. The summed E-state index contributed by atoms with van der Waals surface area (Å²) in [4.78, 5) is 14.9. The first-order valence-corrected chi connectivity index (χ1v) is 4.80. The molecule has 0 fully saturated rings. The van der Waals surface area contributed by atoms with E-state index in [2.05, 4.69) is 10.3 Å². The lowest BCUT2D eigenvalue weighted by Crippen LogP contribution is -2.44. The third-order valence-electron chi connectivity index (χ3n) is 2.14. The highest BCUT2D eigenvalue weighted by atomic mass is 16.1. The second-order valence-electron chi connectivity index (χ2n) is 3.39. The van der Waals surface area contributed by atoms with E-state index in [4.69, 9.17) is 11.5 Å². The molecule has 1 aromatic rings. The van der Waals surface area contributed by atoms with Crippen molar-refractivity contribution in [2.24, 2.45) is 11.5 Å². The van der Waals surface area contributed by atoms with Crippen molar-refractivity contribution in [3.8, 4) is 0 Å². The van der Waals surface area contributed by atoms with Crippen LogP contribution < -0.4 is 16.8 Å². The van der Waals surface area contributed by atoms with Gasteiger partial charge in [0.25, 0.3) is 0 Å². The number of carbonyl (C=O) groups is 1. The first-order chi connectivity index (χ1) is 7.11. The molecular weight excluding hydrogens is 192 g/mol. The van der Waals surface area contributed by atoms with E-state index in [0.29, 0.717) is 6.54 Å². The Morgan fingerprint density at radius 3 is 2.87 bits per heavy atom. The van der Waals surface area contributed by atoms with E-state index in [-0.39, 0.29) is 6.04 Å². The number of pyridine rings is 1. The first kappa shape index (κ1) is 11.6. The SMILES string of the molecule is C[C@H](NCC(N)C(N)=O)c1ccccn1. The number of hydrogen-bond donors (Lipinski definition) is 3. The number of nitrogens with two attached hydrogens (primary N) is 2. The van der Waals surface area contributed by atoms with Crippen molar-refractivity contribution >= 4 is 5.91 Å². The summed E-state index contributed by atoms with van der Waals surface area (Å²) in [6.07, 6.45) is 1.72.